The number of nitrogens with zero attached hydrogens (tertiary/aromatic N) is 3. The maximum atomic E-state index is 12.6. The van der Waals surface area contributed by atoms with Gasteiger partial charge in [-0.15, -0.1) is 0 Å². The summed E-state index contributed by atoms with van der Waals surface area (Å²) in [5, 5.41) is 9.47. The second-order valence-corrected chi connectivity index (χ2v) is 7.75. The molecular weight excluding hydrogens is 326 g/mol. The van der Waals surface area contributed by atoms with Crippen molar-refractivity contribution in [1.29, 1.82) is 0 Å². The Bertz CT molecular complexity index is 584. The molecule has 0 unspecified atom stereocenters. The molecule has 1 amide bonds. The Morgan fingerprint density at radius 2 is 1.81 bits per heavy atom. The number of amides is 1. The molecule has 0 aliphatic carbocycles. The Hall–Kier alpha value is -1.43. The number of aliphatic hydroxyl groups excluding tert-OH is 1. The van der Waals surface area contributed by atoms with E-state index >= 15 is 0 Å². The summed E-state index contributed by atoms with van der Waals surface area (Å²) in [4.78, 5) is 19.4. The zero-order valence-electron chi connectivity index (χ0n) is 16.1. The average molecular weight is 360 g/mol. The molecule has 3 rings (SSSR count). The Labute approximate surface area is 157 Å². The summed E-state index contributed by atoms with van der Waals surface area (Å²) >= 11 is 0. The third kappa shape index (κ3) is 5.06. The van der Waals surface area contributed by atoms with Gasteiger partial charge >= 0.3 is 0 Å². The summed E-state index contributed by atoms with van der Waals surface area (Å²) in [6.45, 7) is 5.58. The van der Waals surface area contributed by atoms with E-state index in [1.807, 2.05) is 23.1 Å². The second kappa shape index (κ2) is 9.49. The molecule has 2 saturated heterocycles. The minimum absolute atomic E-state index is 0.0875. The highest BCUT2D eigenvalue weighted by Gasteiger charge is 2.24. The molecule has 0 saturated carbocycles. The van der Waals surface area contributed by atoms with Crippen molar-refractivity contribution in [2.75, 3.05) is 39.8 Å². The summed E-state index contributed by atoms with van der Waals surface area (Å²) in [7, 11) is 2.19. The molecule has 0 aromatic heterocycles. The number of hydrogen-bond donors (Lipinski definition) is 1. The van der Waals surface area contributed by atoms with E-state index in [-0.39, 0.29) is 6.61 Å². The molecule has 0 bridgehead atoms. The van der Waals surface area contributed by atoms with Gasteiger partial charge in [0.05, 0.1) is 6.61 Å². The van der Waals surface area contributed by atoms with Crippen LogP contribution in [0.3, 0.4) is 0 Å². The smallest absolute Gasteiger partial charge is 0.222 e. The molecule has 2 heterocycles. The van der Waals surface area contributed by atoms with Crippen molar-refractivity contribution >= 4 is 5.91 Å². The Balaban J connectivity index is 1.42. The molecule has 2 aliphatic rings. The van der Waals surface area contributed by atoms with Gasteiger partial charge in [0.15, 0.2) is 0 Å². The standard InChI is InChI=1S/C21H33N3O2/c1-22-11-5-4-8-20(22)9-10-21(26)24-14-12-23(13-15-24)16-18-6-2-3-7-19(18)17-25/h2-3,6-7,20,25H,4-5,8-17H2,1H3/t20-/m0/s1. The van der Waals surface area contributed by atoms with E-state index in [1.54, 1.807) is 0 Å². The van der Waals surface area contributed by atoms with Crippen LogP contribution in [0.4, 0.5) is 0 Å². The van der Waals surface area contributed by atoms with Crippen molar-refractivity contribution in [2.45, 2.75) is 51.3 Å². The minimum atomic E-state index is 0.0875. The topological polar surface area (TPSA) is 47.0 Å². The normalized spacial score (nSPS) is 22.5. The van der Waals surface area contributed by atoms with Gasteiger partial charge in [0.1, 0.15) is 0 Å². The molecule has 0 radical (unpaired) electrons. The van der Waals surface area contributed by atoms with Gasteiger partial charge in [-0.2, -0.15) is 0 Å². The van der Waals surface area contributed by atoms with E-state index in [0.29, 0.717) is 18.4 Å². The molecule has 26 heavy (non-hydrogen) atoms. The monoisotopic (exact) mass is 359 g/mol. The van der Waals surface area contributed by atoms with E-state index in [1.165, 1.54) is 31.4 Å². The van der Waals surface area contributed by atoms with Crippen LogP contribution in [-0.2, 0) is 17.9 Å². The number of piperidine rings is 1. The number of hydrogen-bond acceptors (Lipinski definition) is 4. The first kappa shape index (κ1) is 19.3. The largest absolute Gasteiger partial charge is 0.392 e. The molecule has 1 aromatic carbocycles. The van der Waals surface area contributed by atoms with Crippen LogP contribution >= 0.6 is 0 Å². The molecule has 144 valence electrons. The molecule has 1 aromatic rings. The summed E-state index contributed by atoms with van der Waals surface area (Å²) in [5.74, 6) is 0.319. The number of piperazine rings is 1. The van der Waals surface area contributed by atoms with Crippen molar-refractivity contribution in [1.82, 2.24) is 14.7 Å². The molecule has 0 spiro atoms. The zero-order valence-corrected chi connectivity index (χ0v) is 16.1. The number of aliphatic hydroxyl groups is 1. The third-order valence-electron chi connectivity index (χ3n) is 6.02. The van der Waals surface area contributed by atoms with E-state index < -0.39 is 0 Å². The Morgan fingerprint density at radius 3 is 2.50 bits per heavy atom. The van der Waals surface area contributed by atoms with Crippen molar-refractivity contribution < 1.29 is 9.90 Å². The first-order valence-corrected chi connectivity index (χ1v) is 10.1. The van der Waals surface area contributed by atoms with E-state index in [9.17, 15) is 9.90 Å². The quantitative estimate of drug-likeness (QED) is 0.845. The number of likely N-dealkylation sites (tertiary alicyclic amines) is 1. The molecule has 5 nitrogen and oxygen atoms in total. The predicted molar refractivity (Wildman–Crippen MR) is 104 cm³/mol. The fourth-order valence-corrected chi connectivity index (χ4v) is 4.22. The van der Waals surface area contributed by atoms with Crippen LogP contribution < -0.4 is 0 Å². The maximum Gasteiger partial charge on any atom is 0.222 e. The lowest BCUT2D eigenvalue weighted by Gasteiger charge is -2.36. The summed E-state index contributed by atoms with van der Waals surface area (Å²) in [5.41, 5.74) is 2.19. The number of benzene rings is 1. The zero-order chi connectivity index (χ0) is 18.4. The van der Waals surface area contributed by atoms with Crippen LogP contribution in [-0.4, -0.2) is 71.5 Å². The minimum Gasteiger partial charge on any atom is -0.392 e. The predicted octanol–water partition coefficient (Wildman–Crippen LogP) is 2.09. The summed E-state index contributed by atoms with van der Waals surface area (Å²) in [6, 6.07) is 8.65. The van der Waals surface area contributed by atoms with Gasteiger partial charge in [-0.1, -0.05) is 30.7 Å². The van der Waals surface area contributed by atoms with E-state index in [4.69, 9.17) is 0 Å². The van der Waals surface area contributed by atoms with Gasteiger partial charge < -0.3 is 14.9 Å². The summed E-state index contributed by atoms with van der Waals surface area (Å²) < 4.78 is 0. The molecule has 5 heteroatoms. The van der Waals surface area contributed by atoms with Crippen molar-refractivity contribution in [3.05, 3.63) is 35.4 Å². The molecular formula is C21H33N3O2. The lowest BCUT2D eigenvalue weighted by atomic mass is 9.98. The van der Waals surface area contributed by atoms with Crippen LogP contribution in [0.5, 0.6) is 0 Å². The highest BCUT2D eigenvalue weighted by atomic mass is 16.3. The van der Waals surface area contributed by atoms with Crippen LogP contribution in [0.2, 0.25) is 0 Å². The Morgan fingerprint density at radius 1 is 1.08 bits per heavy atom. The molecule has 2 aliphatic heterocycles. The summed E-state index contributed by atoms with van der Waals surface area (Å²) in [6.07, 6.45) is 5.52. The SMILES string of the molecule is CN1CCCC[C@H]1CCC(=O)N1CCN(Cc2ccccc2CO)CC1. The van der Waals surface area contributed by atoms with Gasteiger partial charge in [0.2, 0.25) is 5.91 Å². The fraction of sp³-hybridized carbons (Fsp3) is 0.667. The second-order valence-electron chi connectivity index (χ2n) is 7.75. The van der Waals surface area contributed by atoms with Gasteiger partial charge in [-0.25, -0.2) is 0 Å². The third-order valence-corrected chi connectivity index (χ3v) is 6.02. The van der Waals surface area contributed by atoms with Crippen LogP contribution in [0.1, 0.15) is 43.2 Å². The lowest BCUT2D eigenvalue weighted by molar-refractivity contribution is -0.133. The number of rotatable bonds is 6. The van der Waals surface area contributed by atoms with Crippen LogP contribution in [0.25, 0.3) is 0 Å². The number of carbonyl (C=O) groups is 1. The van der Waals surface area contributed by atoms with Gasteiger partial charge in [-0.3, -0.25) is 9.69 Å². The first-order valence-electron chi connectivity index (χ1n) is 10.1. The molecule has 1 atom stereocenters. The van der Waals surface area contributed by atoms with Crippen LogP contribution in [0.15, 0.2) is 24.3 Å². The van der Waals surface area contributed by atoms with Gasteiger partial charge in [-0.05, 0) is 44.0 Å². The molecule has 2 fully saturated rings. The fourth-order valence-electron chi connectivity index (χ4n) is 4.22. The van der Waals surface area contributed by atoms with Crippen LogP contribution in [0, 0.1) is 0 Å². The van der Waals surface area contributed by atoms with E-state index in [0.717, 1.165) is 44.7 Å². The highest BCUT2D eigenvalue weighted by molar-refractivity contribution is 5.76. The van der Waals surface area contributed by atoms with Crippen molar-refractivity contribution in [3.63, 3.8) is 0 Å². The maximum absolute atomic E-state index is 12.6. The first-order chi connectivity index (χ1) is 12.7. The van der Waals surface area contributed by atoms with Gasteiger partial charge in [0.25, 0.3) is 0 Å². The average Bonchev–Trinajstić information content (AvgIpc) is 2.68. The highest BCUT2D eigenvalue weighted by Crippen LogP contribution is 2.20. The molecule has 1 N–H and O–H groups in total. The van der Waals surface area contributed by atoms with Crippen molar-refractivity contribution in [2.24, 2.45) is 0 Å². The van der Waals surface area contributed by atoms with Crippen molar-refractivity contribution in [3.8, 4) is 0 Å². The lowest BCUT2D eigenvalue weighted by Crippen LogP contribution is -2.48. The number of carbonyl (C=O) groups excluding carboxylic acids is 1. The van der Waals surface area contributed by atoms with Gasteiger partial charge in [0, 0.05) is 45.2 Å². The van der Waals surface area contributed by atoms with E-state index in [2.05, 4.69) is 22.9 Å². The Kier molecular flexibility index (Phi) is 7.06.